The summed E-state index contributed by atoms with van der Waals surface area (Å²) in [6, 6.07) is 8.22. The van der Waals surface area contributed by atoms with E-state index in [1.54, 1.807) is 6.26 Å². The fourth-order valence-corrected chi connectivity index (χ4v) is 2.46. The predicted molar refractivity (Wildman–Crippen MR) is 68.9 cm³/mol. The van der Waals surface area contributed by atoms with Crippen molar-refractivity contribution in [3.8, 4) is 0 Å². The average molecular weight is 228 g/mol. The van der Waals surface area contributed by atoms with Crippen LogP contribution in [0.2, 0.25) is 0 Å². The molecule has 1 aliphatic rings. The van der Waals surface area contributed by atoms with Gasteiger partial charge in [0.15, 0.2) is 0 Å². The SMILES string of the molecule is Nc1ccc2c(c1)CCCN2Cc1ccoc1. The Morgan fingerprint density at radius 1 is 1.29 bits per heavy atom. The number of aryl methyl sites for hydroxylation is 1. The second-order valence-corrected chi connectivity index (χ2v) is 4.54. The van der Waals surface area contributed by atoms with E-state index in [-0.39, 0.29) is 0 Å². The van der Waals surface area contributed by atoms with Crippen LogP contribution in [0.25, 0.3) is 0 Å². The number of nitrogens with zero attached hydrogens (tertiary/aromatic N) is 1. The minimum atomic E-state index is 0.855. The molecule has 3 nitrogen and oxygen atoms in total. The van der Waals surface area contributed by atoms with E-state index in [1.807, 2.05) is 18.4 Å². The van der Waals surface area contributed by atoms with E-state index < -0.39 is 0 Å². The molecule has 0 amide bonds. The van der Waals surface area contributed by atoms with Gasteiger partial charge < -0.3 is 15.1 Å². The molecular formula is C14H16N2O. The van der Waals surface area contributed by atoms with Crippen LogP contribution in [0.3, 0.4) is 0 Å². The highest BCUT2D eigenvalue weighted by Crippen LogP contribution is 2.29. The summed E-state index contributed by atoms with van der Waals surface area (Å²) in [5.74, 6) is 0. The Kier molecular flexibility index (Phi) is 2.52. The quantitative estimate of drug-likeness (QED) is 0.804. The van der Waals surface area contributed by atoms with E-state index in [9.17, 15) is 0 Å². The van der Waals surface area contributed by atoms with Gasteiger partial charge in [0.2, 0.25) is 0 Å². The molecule has 1 aliphatic heterocycles. The van der Waals surface area contributed by atoms with Gasteiger partial charge in [0.1, 0.15) is 0 Å². The van der Waals surface area contributed by atoms with Crippen molar-refractivity contribution in [2.45, 2.75) is 19.4 Å². The molecule has 88 valence electrons. The fraction of sp³-hybridized carbons (Fsp3) is 0.286. The summed E-state index contributed by atoms with van der Waals surface area (Å²) >= 11 is 0. The Labute approximate surface area is 101 Å². The highest BCUT2D eigenvalue weighted by molar-refractivity contribution is 5.61. The van der Waals surface area contributed by atoms with Gasteiger partial charge in [-0.25, -0.2) is 0 Å². The monoisotopic (exact) mass is 228 g/mol. The molecule has 0 saturated heterocycles. The molecule has 0 atom stereocenters. The summed E-state index contributed by atoms with van der Waals surface area (Å²) < 4.78 is 5.12. The van der Waals surface area contributed by atoms with Crippen molar-refractivity contribution in [1.82, 2.24) is 0 Å². The summed E-state index contributed by atoms with van der Waals surface area (Å²) in [7, 11) is 0. The molecule has 0 saturated carbocycles. The van der Waals surface area contributed by atoms with Crippen LogP contribution in [0.4, 0.5) is 11.4 Å². The summed E-state index contributed by atoms with van der Waals surface area (Å²) in [6.45, 7) is 2.01. The maximum absolute atomic E-state index is 5.83. The average Bonchev–Trinajstić information content (AvgIpc) is 2.82. The number of rotatable bonds is 2. The zero-order chi connectivity index (χ0) is 11.7. The molecule has 0 bridgehead atoms. The van der Waals surface area contributed by atoms with Crippen LogP contribution in [0.5, 0.6) is 0 Å². The zero-order valence-electron chi connectivity index (χ0n) is 9.73. The van der Waals surface area contributed by atoms with Crippen molar-refractivity contribution in [2.24, 2.45) is 0 Å². The van der Waals surface area contributed by atoms with Gasteiger partial charge in [-0.1, -0.05) is 0 Å². The maximum atomic E-state index is 5.83. The van der Waals surface area contributed by atoms with E-state index in [1.165, 1.54) is 23.2 Å². The van der Waals surface area contributed by atoms with E-state index in [0.717, 1.165) is 25.2 Å². The topological polar surface area (TPSA) is 42.4 Å². The van der Waals surface area contributed by atoms with Crippen LogP contribution in [0.15, 0.2) is 41.2 Å². The summed E-state index contributed by atoms with van der Waals surface area (Å²) in [5, 5.41) is 0. The molecule has 2 aromatic rings. The lowest BCUT2D eigenvalue weighted by Crippen LogP contribution is -2.28. The van der Waals surface area contributed by atoms with Gasteiger partial charge in [0.05, 0.1) is 12.5 Å². The molecule has 2 N–H and O–H groups in total. The van der Waals surface area contributed by atoms with E-state index in [2.05, 4.69) is 17.0 Å². The number of fused-ring (bicyclic) bond motifs is 1. The van der Waals surface area contributed by atoms with Crippen LogP contribution >= 0.6 is 0 Å². The highest BCUT2D eigenvalue weighted by atomic mass is 16.3. The van der Waals surface area contributed by atoms with Gasteiger partial charge >= 0.3 is 0 Å². The summed E-state index contributed by atoms with van der Waals surface area (Å²) in [6.07, 6.45) is 5.85. The van der Waals surface area contributed by atoms with Gasteiger partial charge in [0.25, 0.3) is 0 Å². The molecule has 0 aliphatic carbocycles. The Balaban J connectivity index is 1.89. The molecule has 17 heavy (non-hydrogen) atoms. The standard InChI is InChI=1S/C14H16N2O/c15-13-3-4-14-12(8-13)2-1-6-16(14)9-11-5-7-17-10-11/h3-5,7-8,10H,1-2,6,9,15H2. The van der Waals surface area contributed by atoms with Crippen LogP contribution in [0, 0.1) is 0 Å². The maximum Gasteiger partial charge on any atom is 0.0952 e. The Hall–Kier alpha value is -1.90. The Bertz CT molecular complexity index is 505. The Morgan fingerprint density at radius 2 is 2.24 bits per heavy atom. The molecule has 1 aromatic heterocycles. The first kappa shape index (κ1) is 10.3. The number of hydrogen-bond donors (Lipinski definition) is 1. The number of anilines is 2. The smallest absolute Gasteiger partial charge is 0.0952 e. The Morgan fingerprint density at radius 3 is 3.06 bits per heavy atom. The molecule has 3 rings (SSSR count). The summed E-state index contributed by atoms with van der Waals surface area (Å²) in [5.41, 5.74) is 10.6. The van der Waals surface area contributed by atoms with Crippen molar-refractivity contribution in [3.63, 3.8) is 0 Å². The highest BCUT2D eigenvalue weighted by Gasteiger charge is 2.17. The van der Waals surface area contributed by atoms with Crippen molar-refractivity contribution in [3.05, 3.63) is 47.9 Å². The second kappa shape index (κ2) is 4.17. The summed E-state index contributed by atoms with van der Waals surface area (Å²) in [4.78, 5) is 2.39. The third-order valence-corrected chi connectivity index (χ3v) is 3.27. The lowest BCUT2D eigenvalue weighted by molar-refractivity contribution is 0.562. The van der Waals surface area contributed by atoms with Gasteiger partial charge in [-0.3, -0.25) is 0 Å². The van der Waals surface area contributed by atoms with Crippen LogP contribution in [-0.2, 0) is 13.0 Å². The van der Waals surface area contributed by atoms with Crippen molar-refractivity contribution in [2.75, 3.05) is 17.2 Å². The first-order valence-electron chi connectivity index (χ1n) is 5.97. The number of hydrogen-bond acceptors (Lipinski definition) is 3. The molecule has 0 fully saturated rings. The van der Waals surface area contributed by atoms with Crippen molar-refractivity contribution < 1.29 is 4.42 Å². The lowest BCUT2D eigenvalue weighted by atomic mass is 10.0. The van der Waals surface area contributed by atoms with Crippen molar-refractivity contribution >= 4 is 11.4 Å². The van der Waals surface area contributed by atoms with Crippen LogP contribution in [0.1, 0.15) is 17.5 Å². The molecule has 0 unspecified atom stereocenters. The normalized spacial score (nSPS) is 14.7. The molecule has 1 aromatic carbocycles. The molecule has 0 radical (unpaired) electrons. The number of furan rings is 1. The fourth-order valence-electron chi connectivity index (χ4n) is 2.46. The van der Waals surface area contributed by atoms with Gasteiger partial charge in [0, 0.05) is 30.0 Å². The lowest BCUT2D eigenvalue weighted by Gasteiger charge is -2.31. The van der Waals surface area contributed by atoms with E-state index in [4.69, 9.17) is 10.2 Å². The molecule has 2 heterocycles. The van der Waals surface area contributed by atoms with Gasteiger partial charge in [-0.2, -0.15) is 0 Å². The zero-order valence-corrected chi connectivity index (χ0v) is 9.73. The van der Waals surface area contributed by atoms with E-state index in [0.29, 0.717) is 0 Å². The predicted octanol–water partition coefficient (Wildman–Crippen LogP) is 2.81. The largest absolute Gasteiger partial charge is 0.472 e. The number of nitrogen functional groups attached to an aromatic ring is 1. The first-order valence-corrected chi connectivity index (χ1v) is 5.97. The molecule has 0 spiro atoms. The van der Waals surface area contributed by atoms with Crippen LogP contribution in [-0.4, -0.2) is 6.54 Å². The third kappa shape index (κ3) is 2.00. The third-order valence-electron chi connectivity index (χ3n) is 3.27. The first-order chi connectivity index (χ1) is 8.33. The van der Waals surface area contributed by atoms with E-state index >= 15 is 0 Å². The van der Waals surface area contributed by atoms with Crippen molar-refractivity contribution in [1.29, 1.82) is 0 Å². The molecule has 3 heteroatoms. The number of nitrogens with two attached hydrogens (primary N) is 1. The minimum Gasteiger partial charge on any atom is -0.472 e. The van der Waals surface area contributed by atoms with Crippen LogP contribution < -0.4 is 10.6 Å². The second-order valence-electron chi connectivity index (χ2n) is 4.54. The minimum absolute atomic E-state index is 0.855. The number of benzene rings is 1. The molecular weight excluding hydrogens is 212 g/mol. The van der Waals surface area contributed by atoms with Gasteiger partial charge in [-0.15, -0.1) is 0 Å². The van der Waals surface area contributed by atoms with Gasteiger partial charge in [-0.05, 0) is 42.7 Å².